The summed E-state index contributed by atoms with van der Waals surface area (Å²) in [6.07, 6.45) is 0.632. The number of likely N-dealkylation sites (N-methyl/N-ethyl adjacent to an activating group) is 1. The number of hydrogen-bond acceptors (Lipinski definition) is 5. The molecule has 0 radical (unpaired) electrons. The summed E-state index contributed by atoms with van der Waals surface area (Å²) >= 11 is 3.23. The molecule has 0 aromatic heterocycles. The third-order valence-electron chi connectivity index (χ3n) is 3.96. The van der Waals surface area contributed by atoms with Crippen LogP contribution >= 0.6 is 15.9 Å². The maximum atomic E-state index is 14.3. The van der Waals surface area contributed by atoms with Gasteiger partial charge in [0.1, 0.15) is 17.5 Å². The largest absolute Gasteiger partial charge is 0.302 e. The highest BCUT2D eigenvalue weighted by atomic mass is 79.9. The summed E-state index contributed by atoms with van der Waals surface area (Å²) < 4.78 is 47.1. The minimum Gasteiger partial charge on any atom is -0.302 e. The van der Waals surface area contributed by atoms with Crippen LogP contribution in [0.3, 0.4) is 0 Å². The Morgan fingerprint density at radius 1 is 1.55 bits per heavy atom. The third kappa shape index (κ3) is 3.09. The summed E-state index contributed by atoms with van der Waals surface area (Å²) in [6.45, 7) is 1.44. The van der Waals surface area contributed by atoms with Gasteiger partial charge >= 0.3 is 0 Å². The summed E-state index contributed by atoms with van der Waals surface area (Å²) in [4.78, 5) is 13.0. The number of hydrogen-bond donors (Lipinski definition) is 2. The van der Waals surface area contributed by atoms with Crippen molar-refractivity contribution in [2.45, 2.75) is 23.9 Å². The van der Waals surface area contributed by atoms with E-state index in [1.807, 2.05) is 0 Å². The Kier molecular flexibility index (Phi) is 4.74. The van der Waals surface area contributed by atoms with E-state index in [4.69, 9.17) is 0 Å². The normalized spacial score (nSPS) is 30.2. The van der Waals surface area contributed by atoms with Crippen molar-refractivity contribution in [3.05, 3.63) is 34.1 Å². The highest BCUT2D eigenvalue weighted by Gasteiger charge is 2.48. The molecule has 3 atom stereocenters. The third-order valence-corrected chi connectivity index (χ3v) is 5.44. The first-order valence-electron chi connectivity index (χ1n) is 6.44. The smallest absolute Gasteiger partial charge is 0.282 e. The van der Waals surface area contributed by atoms with Crippen molar-refractivity contribution < 1.29 is 22.2 Å². The molecule has 1 saturated heterocycles. The second kappa shape index (κ2) is 5.97. The zero-order valence-electron chi connectivity index (χ0n) is 12.0. The predicted octanol–water partition coefficient (Wildman–Crippen LogP) is 1.12. The van der Waals surface area contributed by atoms with Crippen molar-refractivity contribution in [1.82, 2.24) is 10.2 Å². The minimum atomic E-state index is -4.40. The van der Waals surface area contributed by atoms with E-state index in [2.05, 4.69) is 21.2 Å². The van der Waals surface area contributed by atoms with Gasteiger partial charge in [-0.05, 0) is 32.2 Å². The number of aldehydes is 1. The van der Waals surface area contributed by atoms with Gasteiger partial charge in [-0.1, -0.05) is 15.9 Å². The van der Waals surface area contributed by atoms with Crippen LogP contribution in [-0.4, -0.2) is 49.2 Å². The molecule has 9 heteroatoms. The first kappa shape index (κ1) is 17.5. The number of rotatable bonds is 3. The number of carbonyl (C=O) groups is 1. The lowest BCUT2D eigenvalue weighted by Gasteiger charge is -2.47. The predicted molar refractivity (Wildman–Crippen MR) is 82.4 cm³/mol. The van der Waals surface area contributed by atoms with Gasteiger partial charge in [-0.3, -0.25) is 14.8 Å². The first-order chi connectivity index (χ1) is 10.1. The molecule has 0 spiro atoms. The Labute approximate surface area is 136 Å². The van der Waals surface area contributed by atoms with Gasteiger partial charge in [-0.15, -0.1) is 0 Å². The maximum absolute atomic E-state index is 14.3. The summed E-state index contributed by atoms with van der Waals surface area (Å²) in [7, 11) is -2.85. The average Bonchev–Trinajstić information content (AvgIpc) is 2.40. The van der Waals surface area contributed by atoms with Gasteiger partial charge in [0, 0.05) is 16.6 Å². The summed E-state index contributed by atoms with van der Waals surface area (Å²) in [5.74, 6) is -0.575. The van der Waals surface area contributed by atoms with Crippen LogP contribution in [0.25, 0.3) is 0 Å². The summed E-state index contributed by atoms with van der Waals surface area (Å²) in [6, 6.07) is 3.42. The fourth-order valence-corrected chi connectivity index (χ4v) is 4.00. The molecule has 22 heavy (non-hydrogen) atoms. The lowest BCUT2D eigenvalue weighted by molar-refractivity contribution is -0.116. The molecular formula is C13H16BrFN2O4S. The molecular weight excluding hydrogens is 379 g/mol. The summed E-state index contributed by atoms with van der Waals surface area (Å²) in [5.41, 5.74) is -1.18. The van der Waals surface area contributed by atoms with E-state index >= 15 is 0 Å². The second-order valence-corrected chi connectivity index (χ2v) is 8.01. The van der Waals surface area contributed by atoms with Crippen LogP contribution in [0.5, 0.6) is 0 Å². The SMILES string of the molecule is CN1CC(S(=O)(=O)O)NC(C)(c2cc(Br)ccc2F)C1C=O. The van der Waals surface area contributed by atoms with E-state index < -0.39 is 32.9 Å². The van der Waals surface area contributed by atoms with Crippen molar-refractivity contribution in [3.63, 3.8) is 0 Å². The van der Waals surface area contributed by atoms with Crippen LogP contribution in [0.2, 0.25) is 0 Å². The van der Waals surface area contributed by atoms with Gasteiger partial charge < -0.3 is 4.79 Å². The zero-order valence-corrected chi connectivity index (χ0v) is 14.4. The number of benzene rings is 1. The van der Waals surface area contributed by atoms with Crippen LogP contribution in [-0.2, 0) is 20.5 Å². The van der Waals surface area contributed by atoms with Gasteiger partial charge in [0.15, 0.2) is 0 Å². The van der Waals surface area contributed by atoms with E-state index in [0.717, 1.165) is 0 Å². The van der Waals surface area contributed by atoms with Crippen LogP contribution < -0.4 is 5.32 Å². The number of carbonyl (C=O) groups excluding carboxylic acids is 1. The van der Waals surface area contributed by atoms with Crippen molar-refractivity contribution in [1.29, 1.82) is 0 Å². The quantitative estimate of drug-likeness (QED) is 0.589. The van der Waals surface area contributed by atoms with Gasteiger partial charge in [0.25, 0.3) is 10.1 Å². The van der Waals surface area contributed by atoms with E-state index in [9.17, 15) is 22.2 Å². The van der Waals surface area contributed by atoms with Gasteiger partial charge in [-0.2, -0.15) is 8.42 Å². The molecule has 1 aromatic rings. The van der Waals surface area contributed by atoms with Crippen LogP contribution in [0.1, 0.15) is 12.5 Å². The summed E-state index contributed by atoms with van der Waals surface area (Å²) in [5, 5.41) is 1.39. The highest BCUT2D eigenvalue weighted by molar-refractivity contribution is 9.10. The van der Waals surface area contributed by atoms with Crippen molar-refractivity contribution >= 4 is 32.3 Å². The van der Waals surface area contributed by atoms with Crippen LogP contribution in [0.15, 0.2) is 22.7 Å². The number of halogens is 2. The molecule has 0 bridgehead atoms. The number of piperazine rings is 1. The van der Waals surface area contributed by atoms with Gasteiger partial charge in [0.2, 0.25) is 0 Å². The number of nitrogens with zero attached hydrogens (tertiary/aromatic N) is 1. The van der Waals surface area contributed by atoms with Gasteiger partial charge in [-0.25, -0.2) is 4.39 Å². The Balaban J connectivity index is 2.59. The van der Waals surface area contributed by atoms with E-state index in [1.165, 1.54) is 30.0 Å². The Morgan fingerprint density at radius 2 is 2.18 bits per heavy atom. The lowest BCUT2D eigenvalue weighted by atomic mass is 9.82. The molecule has 1 heterocycles. The molecule has 122 valence electrons. The molecule has 2 N–H and O–H groups in total. The highest BCUT2D eigenvalue weighted by Crippen LogP contribution is 2.34. The molecule has 3 unspecified atom stereocenters. The molecule has 2 rings (SSSR count). The Hall–Kier alpha value is -0.870. The fraction of sp³-hybridized carbons (Fsp3) is 0.462. The zero-order chi connectivity index (χ0) is 16.7. The monoisotopic (exact) mass is 394 g/mol. The molecule has 1 aromatic carbocycles. The number of nitrogens with one attached hydrogen (secondary N) is 1. The van der Waals surface area contributed by atoms with E-state index in [0.29, 0.717) is 10.8 Å². The molecule has 0 aliphatic carbocycles. The molecule has 1 aliphatic heterocycles. The maximum Gasteiger partial charge on any atom is 0.282 e. The van der Waals surface area contributed by atoms with Crippen molar-refractivity contribution in [2.24, 2.45) is 0 Å². The van der Waals surface area contributed by atoms with E-state index in [1.54, 1.807) is 7.05 Å². The van der Waals surface area contributed by atoms with Crippen LogP contribution in [0.4, 0.5) is 4.39 Å². The van der Waals surface area contributed by atoms with Crippen molar-refractivity contribution in [2.75, 3.05) is 13.6 Å². The average molecular weight is 395 g/mol. The first-order valence-corrected chi connectivity index (χ1v) is 8.74. The molecule has 1 fully saturated rings. The fourth-order valence-electron chi connectivity index (χ4n) is 2.82. The minimum absolute atomic E-state index is 0.0898. The Morgan fingerprint density at radius 3 is 2.73 bits per heavy atom. The lowest BCUT2D eigenvalue weighted by Crippen LogP contribution is -2.68. The standard InChI is InChI=1S/C13H16BrFN2O4S/c1-13(9-5-8(14)3-4-10(9)15)11(7-18)17(2)6-12(16-13)22(19,20)21/h3-5,7,11-12,16H,6H2,1-2H3,(H,19,20,21). The van der Waals surface area contributed by atoms with Crippen LogP contribution in [0, 0.1) is 5.82 Å². The molecule has 6 nitrogen and oxygen atoms in total. The molecule has 0 amide bonds. The second-order valence-electron chi connectivity index (χ2n) is 5.49. The molecule has 0 saturated carbocycles. The molecule has 1 aliphatic rings. The van der Waals surface area contributed by atoms with Gasteiger partial charge in [0.05, 0.1) is 11.6 Å². The van der Waals surface area contributed by atoms with Crippen molar-refractivity contribution in [3.8, 4) is 0 Å². The Bertz CT molecular complexity index is 699. The topological polar surface area (TPSA) is 86.7 Å². The van der Waals surface area contributed by atoms with E-state index in [-0.39, 0.29) is 12.1 Å².